The number of hydrogen-bond acceptors (Lipinski definition) is 4. The number of hydrogen-bond donors (Lipinski definition) is 0. The molecule has 0 N–H and O–H groups in total. The highest BCUT2D eigenvalue weighted by Gasteiger charge is 2.20. The molecular formula is C14H15FN2O2. The van der Waals surface area contributed by atoms with Gasteiger partial charge in [-0.1, -0.05) is 12.1 Å². The quantitative estimate of drug-likeness (QED) is 0.848. The summed E-state index contributed by atoms with van der Waals surface area (Å²) in [5.41, 5.74) is 1.32. The number of aryl methyl sites for hydroxylation is 1. The molecule has 2 rings (SSSR count). The predicted octanol–water partition coefficient (Wildman–Crippen LogP) is 3.27. The maximum absolute atomic E-state index is 13.3. The van der Waals surface area contributed by atoms with Crippen molar-refractivity contribution in [3.05, 3.63) is 35.5 Å². The summed E-state index contributed by atoms with van der Waals surface area (Å²) < 4.78 is 18.4. The van der Waals surface area contributed by atoms with Gasteiger partial charge in [0, 0.05) is 12.0 Å². The third-order valence-corrected chi connectivity index (χ3v) is 2.94. The molecule has 0 aliphatic carbocycles. The van der Waals surface area contributed by atoms with E-state index in [9.17, 15) is 9.18 Å². The third-order valence-electron chi connectivity index (χ3n) is 2.94. The average molecular weight is 262 g/mol. The van der Waals surface area contributed by atoms with Crippen molar-refractivity contribution in [2.75, 3.05) is 0 Å². The van der Waals surface area contributed by atoms with Gasteiger partial charge in [0.1, 0.15) is 11.6 Å². The molecule has 1 aromatic heterocycles. The number of benzene rings is 1. The van der Waals surface area contributed by atoms with E-state index < -0.39 is 5.92 Å². The van der Waals surface area contributed by atoms with Gasteiger partial charge in [-0.15, -0.1) is 0 Å². The van der Waals surface area contributed by atoms with E-state index in [1.165, 1.54) is 12.1 Å². The first kappa shape index (κ1) is 13.4. The standard InChI is InChI=1S/C14H15FN2O2/c1-4-12(18)9(3)14-16-13(17-19-14)10-5-8(2)6-11(15)7-10/h5-7,9H,4H2,1-3H3. The Balaban J connectivity index is 2.33. The zero-order valence-corrected chi connectivity index (χ0v) is 11.1. The molecule has 0 spiro atoms. The molecule has 0 radical (unpaired) electrons. The molecule has 0 saturated carbocycles. The van der Waals surface area contributed by atoms with E-state index in [-0.39, 0.29) is 17.5 Å². The number of nitrogens with zero attached hydrogens (tertiary/aromatic N) is 2. The normalized spacial score (nSPS) is 12.4. The summed E-state index contributed by atoms with van der Waals surface area (Å²) in [5.74, 6) is -0.178. The van der Waals surface area contributed by atoms with Crippen molar-refractivity contribution in [3.8, 4) is 11.4 Å². The van der Waals surface area contributed by atoms with E-state index >= 15 is 0 Å². The molecule has 4 nitrogen and oxygen atoms in total. The molecule has 0 aliphatic heterocycles. The van der Waals surface area contributed by atoms with Crippen LogP contribution in [0.25, 0.3) is 11.4 Å². The molecule has 100 valence electrons. The summed E-state index contributed by atoms with van der Waals surface area (Å²) in [5, 5.41) is 3.80. The van der Waals surface area contributed by atoms with Crippen molar-refractivity contribution in [2.45, 2.75) is 33.1 Å². The van der Waals surface area contributed by atoms with Crippen molar-refractivity contribution in [1.82, 2.24) is 10.1 Å². The monoisotopic (exact) mass is 262 g/mol. The Morgan fingerprint density at radius 1 is 1.42 bits per heavy atom. The first-order valence-corrected chi connectivity index (χ1v) is 6.15. The Bertz CT molecular complexity index is 587. The van der Waals surface area contributed by atoms with Crippen LogP contribution in [0.2, 0.25) is 0 Å². The van der Waals surface area contributed by atoms with Crippen molar-refractivity contribution < 1.29 is 13.7 Å². The summed E-state index contributed by atoms with van der Waals surface area (Å²) in [6.45, 7) is 5.29. The third kappa shape index (κ3) is 2.86. The zero-order valence-electron chi connectivity index (χ0n) is 11.1. The SMILES string of the molecule is CCC(=O)C(C)c1nc(-c2cc(C)cc(F)c2)no1. The van der Waals surface area contributed by atoms with Crippen molar-refractivity contribution in [2.24, 2.45) is 0 Å². The van der Waals surface area contributed by atoms with Crippen LogP contribution in [0.1, 0.15) is 37.6 Å². The van der Waals surface area contributed by atoms with Gasteiger partial charge in [-0.05, 0) is 37.6 Å². The molecule has 0 saturated heterocycles. The van der Waals surface area contributed by atoms with Crippen LogP contribution >= 0.6 is 0 Å². The number of aromatic nitrogens is 2. The van der Waals surface area contributed by atoms with Gasteiger partial charge in [0.15, 0.2) is 0 Å². The van der Waals surface area contributed by atoms with Gasteiger partial charge in [-0.2, -0.15) is 4.98 Å². The lowest BCUT2D eigenvalue weighted by Gasteiger charge is -2.01. The fraction of sp³-hybridized carbons (Fsp3) is 0.357. The summed E-state index contributed by atoms with van der Waals surface area (Å²) >= 11 is 0. The van der Waals surface area contributed by atoms with Gasteiger partial charge >= 0.3 is 0 Å². The smallest absolute Gasteiger partial charge is 0.237 e. The summed E-state index contributed by atoms with van der Waals surface area (Å²) in [6, 6.07) is 4.53. The number of ketones is 1. The van der Waals surface area contributed by atoms with Crippen LogP contribution in [0.5, 0.6) is 0 Å². The second-order valence-electron chi connectivity index (χ2n) is 4.52. The summed E-state index contributed by atoms with van der Waals surface area (Å²) in [7, 11) is 0. The van der Waals surface area contributed by atoms with Gasteiger partial charge in [0.25, 0.3) is 0 Å². The lowest BCUT2D eigenvalue weighted by Crippen LogP contribution is -2.07. The fourth-order valence-electron chi connectivity index (χ4n) is 1.84. The molecule has 0 amide bonds. The second kappa shape index (κ2) is 5.30. The summed E-state index contributed by atoms with van der Waals surface area (Å²) in [6.07, 6.45) is 0.415. The van der Waals surface area contributed by atoms with E-state index in [0.717, 1.165) is 5.56 Å². The first-order chi connectivity index (χ1) is 9.01. The van der Waals surface area contributed by atoms with E-state index in [0.29, 0.717) is 17.8 Å². The Labute approximate surface area is 110 Å². The van der Waals surface area contributed by atoms with Crippen molar-refractivity contribution >= 4 is 5.78 Å². The molecule has 0 bridgehead atoms. The van der Waals surface area contributed by atoms with Crippen LogP contribution in [0.3, 0.4) is 0 Å². The zero-order chi connectivity index (χ0) is 14.0. The summed E-state index contributed by atoms with van der Waals surface area (Å²) in [4.78, 5) is 15.7. The second-order valence-corrected chi connectivity index (χ2v) is 4.52. The molecule has 1 unspecified atom stereocenters. The average Bonchev–Trinajstić information content (AvgIpc) is 2.85. The fourth-order valence-corrected chi connectivity index (χ4v) is 1.84. The first-order valence-electron chi connectivity index (χ1n) is 6.15. The number of carbonyl (C=O) groups is 1. The molecule has 0 fully saturated rings. The highest BCUT2D eigenvalue weighted by molar-refractivity contribution is 5.84. The lowest BCUT2D eigenvalue weighted by molar-refractivity contribution is -0.120. The van der Waals surface area contributed by atoms with E-state index in [1.54, 1.807) is 26.8 Å². The molecule has 1 aromatic carbocycles. The van der Waals surface area contributed by atoms with Gasteiger partial charge in [0.05, 0.1) is 5.92 Å². The molecule has 1 atom stereocenters. The largest absolute Gasteiger partial charge is 0.338 e. The van der Waals surface area contributed by atoms with Crippen molar-refractivity contribution in [1.29, 1.82) is 0 Å². The Morgan fingerprint density at radius 3 is 2.79 bits per heavy atom. The minimum atomic E-state index is -0.430. The minimum Gasteiger partial charge on any atom is -0.338 e. The molecule has 1 heterocycles. The Kier molecular flexibility index (Phi) is 3.74. The predicted molar refractivity (Wildman–Crippen MR) is 68.1 cm³/mol. The van der Waals surface area contributed by atoms with Crippen LogP contribution < -0.4 is 0 Å². The number of rotatable bonds is 4. The van der Waals surface area contributed by atoms with Crippen LogP contribution in [0.4, 0.5) is 4.39 Å². The van der Waals surface area contributed by atoms with Gasteiger partial charge in [0.2, 0.25) is 11.7 Å². The topological polar surface area (TPSA) is 56.0 Å². The lowest BCUT2D eigenvalue weighted by atomic mass is 10.1. The molecular weight excluding hydrogens is 247 g/mol. The number of Topliss-reactive ketones (excluding diaryl/α,β-unsaturated/α-hetero) is 1. The molecule has 2 aromatic rings. The molecule has 5 heteroatoms. The maximum Gasteiger partial charge on any atom is 0.237 e. The van der Waals surface area contributed by atoms with Gasteiger partial charge < -0.3 is 4.52 Å². The van der Waals surface area contributed by atoms with Crippen LogP contribution in [-0.4, -0.2) is 15.9 Å². The van der Waals surface area contributed by atoms with Crippen LogP contribution in [0, 0.1) is 12.7 Å². The van der Waals surface area contributed by atoms with Gasteiger partial charge in [-0.25, -0.2) is 4.39 Å². The van der Waals surface area contributed by atoms with E-state index in [1.807, 2.05) is 0 Å². The van der Waals surface area contributed by atoms with E-state index in [2.05, 4.69) is 10.1 Å². The van der Waals surface area contributed by atoms with Crippen LogP contribution in [-0.2, 0) is 4.79 Å². The highest BCUT2D eigenvalue weighted by atomic mass is 19.1. The maximum atomic E-state index is 13.3. The minimum absolute atomic E-state index is 0.0330. The number of halogens is 1. The van der Waals surface area contributed by atoms with Crippen molar-refractivity contribution in [3.63, 3.8) is 0 Å². The van der Waals surface area contributed by atoms with Gasteiger partial charge in [-0.3, -0.25) is 4.79 Å². The van der Waals surface area contributed by atoms with Crippen LogP contribution in [0.15, 0.2) is 22.7 Å². The Hall–Kier alpha value is -2.04. The molecule has 19 heavy (non-hydrogen) atoms. The highest BCUT2D eigenvalue weighted by Crippen LogP contribution is 2.22. The van der Waals surface area contributed by atoms with E-state index in [4.69, 9.17) is 4.52 Å². The molecule has 0 aliphatic rings. The Morgan fingerprint density at radius 2 is 2.16 bits per heavy atom. The number of carbonyl (C=O) groups excluding carboxylic acids is 1.